The first kappa shape index (κ1) is 18.3. The predicted octanol–water partition coefficient (Wildman–Crippen LogP) is 4.87. The monoisotopic (exact) mass is 390 g/mol. The summed E-state index contributed by atoms with van der Waals surface area (Å²) in [5.74, 6) is 4.15. The molecule has 2 aromatic carbocycles. The SMILES string of the molecule is COc1ccc(C2=C(c3cc(OC)cc(OC)c3)C3C(C2=O)[C@H]2CC[C@@H]3C2)cc1. The standard InChI is InChI=1S/C25H26O4/c1-27-18-8-6-14(7-9-18)23-22(17-11-19(28-2)13-20(12-17)29-3)21-15-4-5-16(10-15)24(21)25(23)26/h6-9,11-13,15-16,21,24H,4-5,10H2,1-3H3/t15-,16+,21?,24?/m1/s1. The molecular weight excluding hydrogens is 364 g/mol. The lowest BCUT2D eigenvalue weighted by Crippen LogP contribution is -2.24. The Morgan fingerprint density at radius 1 is 0.724 bits per heavy atom. The van der Waals surface area contributed by atoms with Crippen LogP contribution >= 0.6 is 0 Å². The minimum Gasteiger partial charge on any atom is -0.497 e. The molecule has 4 heteroatoms. The van der Waals surface area contributed by atoms with Gasteiger partial charge >= 0.3 is 0 Å². The molecule has 2 saturated carbocycles. The maximum atomic E-state index is 13.7. The maximum Gasteiger partial charge on any atom is 0.167 e. The van der Waals surface area contributed by atoms with E-state index in [0.717, 1.165) is 33.9 Å². The number of hydrogen-bond acceptors (Lipinski definition) is 4. The summed E-state index contributed by atoms with van der Waals surface area (Å²) < 4.78 is 16.4. The topological polar surface area (TPSA) is 44.8 Å². The van der Waals surface area contributed by atoms with Crippen molar-refractivity contribution in [3.8, 4) is 17.2 Å². The van der Waals surface area contributed by atoms with E-state index in [2.05, 4.69) is 0 Å². The Hall–Kier alpha value is -2.75. The van der Waals surface area contributed by atoms with Gasteiger partial charge in [-0.1, -0.05) is 12.1 Å². The molecule has 150 valence electrons. The molecule has 0 spiro atoms. The van der Waals surface area contributed by atoms with Crippen LogP contribution in [-0.2, 0) is 4.79 Å². The van der Waals surface area contributed by atoms with E-state index in [0.29, 0.717) is 23.5 Å². The molecule has 2 aromatic rings. The summed E-state index contributed by atoms with van der Waals surface area (Å²) in [5.41, 5.74) is 4.06. The third kappa shape index (κ3) is 2.77. The van der Waals surface area contributed by atoms with Crippen LogP contribution in [-0.4, -0.2) is 27.1 Å². The van der Waals surface area contributed by atoms with Crippen LogP contribution in [0.15, 0.2) is 42.5 Å². The fraction of sp³-hybridized carbons (Fsp3) is 0.400. The Bertz CT molecular complexity index is 966. The number of fused-ring (bicyclic) bond motifs is 5. The van der Waals surface area contributed by atoms with Crippen LogP contribution in [0, 0.1) is 23.7 Å². The molecule has 0 saturated heterocycles. The van der Waals surface area contributed by atoms with E-state index in [4.69, 9.17) is 14.2 Å². The van der Waals surface area contributed by atoms with E-state index in [-0.39, 0.29) is 5.92 Å². The summed E-state index contributed by atoms with van der Waals surface area (Å²) in [7, 11) is 4.99. The summed E-state index contributed by atoms with van der Waals surface area (Å²) in [6.07, 6.45) is 3.59. The Morgan fingerprint density at radius 2 is 1.31 bits per heavy atom. The van der Waals surface area contributed by atoms with E-state index in [1.165, 1.54) is 24.8 Å². The largest absolute Gasteiger partial charge is 0.497 e. The number of Topliss-reactive ketones (excluding diaryl/α,β-unsaturated/α-hetero) is 1. The second-order valence-electron chi connectivity index (χ2n) is 8.37. The third-order valence-electron chi connectivity index (χ3n) is 7.11. The van der Waals surface area contributed by atoms with Crippen molar-refractivity contribution in [3.05, 3.63) is 53.6 Å². The fourth-order valence-corrected chi connectivity index (χ4v) is 5.91. The minimum atomic E-state index is 0.123. The van der Waals surface area contributed by atoms with Crippen molar-refractivity contribution in [2.75, 3.05) is 21.3 Å². The molecule has 0 radical (unpaired) electrons. The van der Waals surface area contributed by atoms with Crippen molar-refractivity contribution in [2.24, 2.45) is 23.7 Å². The molecule has 2 unspecified atom stereocenters. The van der Waals surface area contributed by atoms with E-state index in [1.54, 1.807) is 21.3 Å². The molecule has 0 heterocycles. The van der Waals surface area contributed by atoms with E-state index in [9.17, 15) is 4.79 Å². The van der Waals surface area contributed by atoms with Crippen molar-refractivity contribution in [3.63, 3.8) is 0 Å². The highest BCUT2D eigenvalue weighted by Gasteiger charge is 2.57. The number of carbonyl (C=O) groups excluding carboxylic acids is 1. The highest BCUT2D eigenvalue weighted by Crippen LogP contribution is 2.63. The summed E-state index contributed by atoms with van der Waals surface area (Å²) in [6.45, 7) is 0. The van der Waals surface area contributed by atoms with Crippen LogP contribution in [0.25, 0.3) is 11.1 Å². The van der Waals surface area contributed by atoms with Gasteiger partial charge in [0.1, 0.15) is 17.2 Å². The molecular formula is C25H26O4. The number of methoxy groups -OCH3 is 3. The Kier molecular flexibility index (Phi) is 4.38. The average Bonchev–Trinajstić information content (AvgIpc) is 3.46. The van der Waals surface area contributed by atoms with Crippen molar-refractivity contribution in [1.82, 2.24) is 0 Å². The van der Waals surface area contributed by atoms with Gasteiger partial charge < -0.3 is 14.2 Å². The van der Waals surface area contributed by atoms with Gasteiger partial charge in [0.25, 0.3) is 0 Å². The van der Waals surface area contributed by atoms with Crippen LogP contribution in [0.1, 0.15) is 30.4 Å². The van der Waals surface area contributed by atoms with Crippen molar-refractivity contribution < 1.29 is 19.0 Å². The van der Waals surface area contributed by atoms with Gasteiger partial charge in [-0.2, -0.15) is 0 Å². The van der Waals surface area contributed by atoms with Crippen LogP contribution in [0.3, 0.4) is 0 Å². The number of allylic oxidation sites excluding steroid dienone is 2. The van der Waals surface area contributed by atoms with Gasteiger partial charge in [-0.25, -0.2) is 0 Å². The number of hydrogen-bond donors (Lipinski definition) is 0. The Morgan fingerprint density at radius 3 is 1.90 bits per heavy atom. The quantitative estimate of drug-likeness (QED) is 0.731. The normalized spacial score (nSPS) is 27.3. The molecule has 0 N–H and O–H groups in total. The number of ketones is 1. The molecule has 0 amide bonds. The van der Waals surface area contributed by atoms with Gasteiger partial charge in [0.15, 0.2) is 5.78 Å². The lowest BCUT2D eigenvalue weighted by molar-refractivity contribution is -0.118. The molecule has 2 fully saturated rings. The number of carbonyl (C=O) groups is 1. The van der Waals surface area contributed by atoms with E-state index in [1.807, 2.05) is 42.5 Å². The molecule has 5 rings (SSSR count). The zero-order valence-corrected chi connectivity index (χ0v) is 17.1. The second kappa shape index (κ2) is 6.94. The number of benzene rings is 2. The van der Waals surface area contributed by atoms with Gasteiger partial charge in [0.05, 0.1) is 21.3 Å². The predicted molar refractivity (Wildman–Crippen MR) is 112 cm³/mol. The smallest absolute Gasteiger partial charge is 0.167 e. The molecule has 3 aliphatic carbocycles. The summed E-state index contributed by atoms with van der Waals surface area (Å²) in [5, 5.41) is 0. The fourth-order valence-electron chi connectivity index (χ4n) is 5.91. The minimum absolute atomic E-state index is 0.123. The van der Waals surface area contributed by atoms with E-state index >= 15 is 0 Å². The van der Waals surface area contributed by atoms with Crippen molar-refractivity contribution in [2.45, 2.75) is 19.3 Å². The number of rotatable bonds is 5. The maximum absolute atomic E-state index is 13.7. The second-order valence-corrected chi connectivity index (χ2v) is 8.37. The van der Waals surface area contributed by atoms with Crippen LogP contribution in [0.5, 0.6) is 17.2 Å². The molecule has 4 atom stereocenters. The van der Waals surface area contributed by atoms with Gasteiger partial charge in [-0.15, -0.1) is 0 Å². The Labute approximate surface area is 171 Å². The van der Waals surface area contributed by atoms with Gasteiger partial charge in [0, 0.05) is 17.6 Å². The lowest BCUT2D eigenvalue weighted by Gasteiger charge is -2.26. The molecule has 0 aliphatic heterocycles. The van der Waals surface area contributed by atoms with Crippen LogP contribution in [0.4, 0.5) is 0 Å². The van der Waals surface area contributed by atoms with Crippen molar-refractivity contribution >= 4 is 16.9 Å². The first-order valence-corrected chi connectivity index (χ1v) is 10.3. The van der Waals surface area contributed by atoms with E-state index < -0.39 is 0 Å². The third-order valence-corrected chi connectivity index (χ3v) is 7.11. The average molecular weight is 390 g/mol. The number of ether oxygens (including phenoxy) is 3. The molecule has 0 aromatic heterocycles. The summed E-state index contributed by atoms with van der Waals surface area (Å²) >= 11 is 0. The summed E-state index contributed by atoms with van der Waals surface area (Å²) in [4.78, 5) is 13.7. The Balaban J connectivity index is 1.72. The molecule has 3 aliphatic rings. The van der Waals surface area contributed by atoms with Crippen molar-refractivity contribution in [1.29, 1.82) is 0 Å². The first-order chi connectivity index (χ1) is 14.1. The highest BCUT2D eigenvalue weighted by atomic mass is 16.5. The van der Waals surface area contributed by atoms with Gasteiger partial charge in [-0.05, 0) is 78.0 Å². The molecule has 29 heavy (non-hydrogen) atoms. The van der Waals surface area contributed by atoms with Gasteiger partial charge in [0.2, 0.25) is 0 Å². The molecule has 2 bridgehead atoms. The zero-order valence-electron chi connectivity index (χ0n) is 17.1. The van der Waals surface area contributed by atoms with Crippen LogP contribution in [0.2, 0.25) is 0 Å². The molecule has 4 nitrogen and oxygen atoms in total. The zero-order chi connectivity index (χ0) is 20.1. The summed E-state index contributed by atoms with van der Waals surface area (Å²) in [6, 6.07) is 13.8. The van der Waals surface area contributed by atoms with Gasteiger partial charge in [-0.3, -0.25) is 4.79 Å². The highest BCUT2D eigenvalue weighted by molar-refractivity contribution is 6.33. The first-order valence-electron chi connectivity index (χ1n) is 10.3. The lowest BCUT2D eigenvalue weighted by atomic mass is 9.77. The van der Waals surface area contributed by atoms with Crippen LogP contribution < -0.4 is 14.2 Å².